The van der Waals surface area contributed by atoms with E-state index in [9.17, 15) is 23.3 Å². The highest BCUT2D eigenvalue weighted by molar-refractivity contribution is 7.89. The van der Waals surface area contributed by atoms with E-state index < -0.39 is 31.5 Å². The maximum Gasteiger partial charge on any atom is 0.304 e. The largest absolute Gasteiger partial charge is 0.481 e. The van der Waals surface area contributed by atoms with Gasteiger partial charge in [0.25, 0.3) is 5.69 Å². The fourth-order valence-electron chi connectivity index (χ4n) is 1.61. The highest BCUT2D eigenvalue weighted by Crippen LogP contribution is 2.28. The van der Waals surface area contributed by atoms with Crippen molar-refractivity contribution in [3.8, 4) is 0 Å². The van der Waals surface area contributed by atoms with Crippen LogP contribution in [0.3, 0.4) is 0 Å². The molecule has 1 rings (SSSR count). The molecule has 1 aromatic rings. The zero-order chi connectivity index (χ0) is 16.2. The van der Waals surface area contributed by atoms with E-state index in [0.29, 0.717) is 0 Å². The first-order chi connectivity index (χ1) is 9.70. The number of nitrogens with zero attached hydrogens (tertiary/aromatic N) is 2. The number of rotatable bonds is 7. The molecule has 0 spiro atoms. The molecule has 0 saturated carbocycles. The molecule has 0 unspecified atom stereocenters. The number of nitro groups is 1. The van der Waals surface area contributed by atoms with Crippen LogP contribution in [-0.4, -0.2) is 41.8 Å². The monoisotopic (exact) mass is 336 g/mol. The first-order valence-electron chi connectivity index (χ1n) is 5.86. The van der Waals surface area contributed by atoms with E-state index in [4.69, 9.17) is 16.7 Å². The van der Waals surface area contributed by atoms with Crippen LogP contribution >= 0.6 is 11.6 Å². The molecule has 0 atom stereocenters. The predicted molar refractivity (Wildman–Crippen MR) is 74.8 cm³/mol. The van der Waals surface area contributed by atoms with Crippen LogP contribution in [0.4, 0.5) is 5.69 Å². The average molecular weight is 337 g/mol. The molecule has 8 nitrogen and oxygen atoms in total. The Labute approximate surface area is 126 Å². The van der Waals surface area contributed by atoms with Gasteiger partial charge in [-0.15, -0.1) is 0 Å². The Bertz CT molecular complexity index is 661. The smallest absolute Gasteiger partial charge is 0.304 e. The van der Waals surface area contributed by atoms with Crippen molar-refractivity contribution in [1.29, 1.82) is 0 Å². The van der Waals surface area contributed by atoms with Crippen LogP contribution in [0.2, 0.25) is 5.02 Å². The van der Waals surface area contributed by atoms with Crippen molar-refractivity contribution >= 4 is 33.3 Å². The van der Waals surface area contributed by atoms with E-state index in [1.165, 1.54) is 6.92 Å². The van der Waals surface area contributed by atoms with Gasteiger partial charge in [-0.2, -0.15) is 4.31 Å². The molecular weight excluding hydrogens is 324 g/mol. The van der Waals surface area contributed by atoms with E-state index in [1.807, 2.05) is 0 Å². The summed E-state index contributed by atoms with van der Waals surface area (Å²) in [7, 11) is -4.10. The standard InChI is InChI=1S/C11H13ClN2O6S/c1-2-13(6-5-11(15)16)21(19,20)10-7-8(14(17)18)3-4-9(10)12/h3-4,7H,2,5-6H2,1H3,(H,15,16). The number of halogens is 1. The maximum atomic E-state index is 12.4. The molecule has 1 N–H and O–H groups in total. The van der Waals surface area contributed by atoms with E-state index in [0.717, 1.165) is 22.5 Å². The molecule has 1 aromatic carbocycles. The number of carboxylic acids is 1. The lowest BCUT2D eigenvalue weighted by Gasteiger charge is -2.20. The lowest BCUT2D eigenvalue weighted by atomic mass is 10.3. The van der Waals surface area contributed by atoms with Crippen molar-refractivity contribution in [2.45, 2.75) is 18.2 Å². The first kappa shape index (κ1) is 17.3. The van der Waals surface area contributed by atoms with Gasteiger partial charge in [-0.3, -0.25) is 14.9 Å². The fourth-order valence-corrected chi connectivity index (χ4v) is 3.55. The van der Waals surface area contributed by atoms with Crippen molar-refractivity contribution in [1.82, 2.24) is 4.31 Å². The van der Waals surface area contributed by atoms with Gasteiger partial charge in [0.15, 0.2) is 0 Å². The zero-order valence-electron chi connectivity index (χ0n) is 11.0. The second-order valence-corrected chi connectivity index (χ2v) is 6.33. The summed E-state index contributed by atoms with van der Waals surface area (Å²) < 4.78 is 25.7. The van der Waals surface area contributed by atoms with Crippen LogP contribution in [0, 0.1) is 10.1 Å². The number of carbonyl (C=O) groups is 1. The number of non-ortho nitro benzene ring substituents is 1. The minimum atomic E-state index is -4.10. The van der Waals surface area contributed by atoms with Crippen LogP contribution in [0.1, 0.15) is 13.3 Å². The van der Waals surface area contributed by atoms with Gasteiger partial charge in [0, 0.05) is 25.2 Å². The van der Waals surface area contributed by atoms with Gasteiger partial charge < -0.3 is 5.11 Å². The maximum absolute atomic E-state index is 12.4. The SMILES string of the molecule is CCN(CCC(=O)O)S(=O)(=O)c1cc([N+](=O)[O-])ccc1Cl. The van der Waals surface area contributed by atoms with Gasteiger partial charge in [0.1, 0.15) is 4.90 Å². The molecular formula is C11H13ClN2O6S. The molecule has 0 aliphatic carbocycles. The molecule has 0 saturated heterocycles. The van der Waals surface area contributed by atoms with E-state index >= 15 is 0 Å². The second kappa shape index (κ2) is 6.83. The highest BCUT2D eigenvalue weighted by Gasteiger charge is 2.27. The van der Waals surface area contributed by atoms with Crippen LogP contribution < -0.4 is 0 Å². The van der Waals surface area contributed by atoms with Crippen LogP contribution in [0.5, 0.6) is 0 Å². The Hall–Kier alpha value is -1.71. The summed E-state index contributed by atoms with van der Waals surface area (Å²) in [5, 5.41) is 19.2. The van der Waals surface area contributed by atoms with Gasteiger partial charge >= 0.3 is 5.97 Å². The van der Waals surface area contributed by atoms with E-state index in [2.05, 4.69) is 0 Å². The second-order valence-electron chi connectivity index (χ2n) is 4.01. The van der Waals surface area contributed by atoms with E-state index in [-0.39, 0.29) is 24.5 Å². The Morgan fingerprint density at radius 1 is 1.48 bits per heavy atom. The van der Waals surface area contributed by atoms with E-state index in [1.54, 1.807) is 0 Å². The van der Waals surface area contributed by atoms with Crippen molar-refractivity contribution in [2.24, 2.45) is 0 Å². The molecule has 116 valence electrons. The summed E-state index contributed by atoms with van der Waals surface area (Å²) in [6, 6.07) is 3.08. The number of sulfonamides is 1. The number of hydrogen-bond acceptors (Lipinski definition) is 5. The predicted octanol–water partition coefficient (Wildman–Crippen LogP) is 1.73. The van der Waals surface area contributed by atoms with Crippen LogP contribution in [0.25, 0.3) is 0 Å². The lowest BCUT2D eigenvalue weighted by Crippen LogP contribution is -2.33. The summed E-state index contributed by atoms with van der Waals surface area (Å²) in [4.78, 5) is 20.1. The number of aliphatic carboxylic acids is 1. The number of hydrogen-bond donors (Lipinski definition) is 1. The molecule has 0 aliphatic heterocycles. The Morgan fingerprint density at radius 3 is 2.57 bits per heavy atom. The van der Waals surface area contributed by atoms with Gasteiger partial charge in [-0.05, 0) is 6.07 Å². The van der Waals surface area contributed by atoms with Crippen molar-refractivity contribution in [2.75, 3.05) is 13.1 Å². The molecule has 0 fully saturated rings. The zero-order valence-corrected chi connectivity index (χ0v) is 12.6. The van der Waals surface area contributed by atoms with Crippen molar-refractivity contribution in [3.05, 3.63) is 33.3 Å². The molecule has 10 heteroatoms. The summed E-state index contributed by atoms with van der Waals surface area (Å²) in [6.07, 6.45) is -0.375. The molecule has 0 aliphatic rings. The molecule has 0 heterocycles. The van der Waals surface area contributed by atoms with Gasteiger partial charge in [0.2, 0.25) is 10.0 Å². The minimum absolute atomic E-state index is 0.0225. The number of benzene rings is 1. The van der Waals surface area contributed by atoms with Crippen LogP contribution in [0.15, 0.2) is 23.1 Å². The normalized spacial score (nSPS) is 11.6. The Morgan fingerprint density at radius 2 is 2.10 bits per heavy atom. The number of nitro benzene ring substituents is 1. The fraction of sp³-hybridized carbons (Fsp3) is 0.364. The van der Waals surface area contributed by atoms with Crippen LogP contribution in [-0.2, 0) is 14.8 Å². The third-order valence-electron chi connectivity index (χ3n) is 2.67. The highest BCUT2D eigenvalue weighted by atomic mass is 35.5. The van der Waals surface area contributed by atoms with Gasteiger partial charge in [0.05, 0.1) is 16.4 Å². The van der Waals surface area contributed by atoms with Crippen molar-refractivity contribution < 1.29 is 23.2 Å². The summed E-state index contributed by atoms with van der Waals surface area (Å²) in [5.41, 5.74) is -0.410. The Kier molecular flexibility index (Phi) is 5.64. The third-order valence-corrected chi connectivity index (χ3v) is 5.13. The molecule has 0 radical (unpaired) electrons. The first-order valence-corrected chi connectivity index (χ1v) is 7.67. The van der Waals surface area contributed by atoms with Gasteiger partial charge in [-0.25, -0.2) is 8.42 Å². The average Bonchev–Trinajstić information content (AvgIpc) is 2.38. The summed E-state index contributed by atoms with van der Waals surface area (Å²) in [6.45, 7) is 1.31. The van der Waals surface area contributed by atoms with Crippen molar-refractivity contribution in [3.63, 3.8) is 0 Å². The molecule has 0 amide bonds. The topological polar surface area (TPSA) is 118 Å². The Balaban J connectivity index is 3.24. The summed E-state index contributed by atoms with van der Waals surface area (Å²) in [5.74, 6) is -1.14. The summed E-state index contributed by atoms with van der Waals surface area (Å²) >= 11 is 5.80. The number of carboxylic acid groups (broad SMARTS) is 1. The minimum Gasteiger partial charge on any atom is -0.481 e. The molecule has 0 bridgehead atoms. The molecule has 21 heavy (non-hydrogen) atoms. The quantitative estimate of drug-likeness (QED) is 0.598. The molecule has 0 aromatic heterocycles. The van der Waals surface area contributed by atoms with Gasteiger partial charge in [-0.1, -0.05) is 18.5 Å². The third kappa shape index (κ3) is 4.13. The lowest BCUT2D eigenvalue weighted by molar-refractivity contribution is -0.385.